The summed E-state index contributed by atoms with van der Waals surface area (Å²) in [6.07, 6.45) is 3.59. The van der Waals surface area contributed by atoms with Gasteiger partial charge < -0.3 is 4.98 Å². The van der Waals surface area contributed by atoms with E-state index in [2.05, 4.69) is 25.0 Å². The van der Waals surface area contributed by atoms with Crippen LogP contribution in [0, 0.1) is 0 Å². The van der Waals surface area contributed by atoms with Gasteiger partial charge in [0.1, 0.15) is 5.52 Å². The Bertz CT molecular complexity index is 1060. The van der Waals surface area contributed by atoms with E-state index in [0.717, 1.165) is 16.6 Å². The van der Waals surface area contributed by atoms with Crippen molar-refractivity contribution < 1.29 is 13.2 Å². The summed E-state index contributed by atoms with van der Waals surface area (Å²) in [5.41, 5.74) is 3.19. The summed E-state index contributed by atoms with van der Waals surface area (Å²) in [4.78, 5) is 15.6. The summed E-state index contributed by atoms with van der Waals surface area (Å²) in [5.74, 6) is -1.08. The van der Waals surface area contributed by atoms with Crippen LogP contribution in [-0.2, 0) is 0 Å². The molecule has 0 aliphatic rings. The molecular formula is C18H15F3N6. The van der Waals surface area contributed by atoms with Crippen LogP contribution >= 0.6 is 0 Å². The average Bonchev–Trinajstić information content (AvgIpc) is 3.31. The van der Waals surface area contributed by atoms with Crippen LogP contribution in [0.2, 0.25) is 0 Å². The molecule has 1 unspecified atom stereocenters. The van der Waals surface area contributed by atoms with Crippen molar-refractivity contribution in [2.24, 2.45) is 0 Å². The summed E-state index contributed by atoms with van der Waals surface area (Å²) in [5, 5.41) is 4.27. The first-order chi connectivity index (χ1) is 13.0. The summed E-state index contributed by atoms with van der Waals surface area (Å²) >= 11 is 0. The predicted molar refractivity (Wildman–Crippen MR) is 93.3 cm³/mol. The van der Waals surface area contributed by atoms with Gasteiger partial charge in [0.05, 0.1) is 18.4 Å². The minimum Gasteiger partial charge on any atom is -0.329 e. The molecule has 0 fully saturated rings. The van der Waals surface area contributed by atoms with Crippen LogP contribution < -0.4 is 0 Å². The van der Waals surface area contributed by atoms with Crippen molar-refractivity contribution in [3.8, 4) is 16.9 Å². The Morgan fingerprint density at radius 1 is 1.11 bits per heavy atom. The number of alkyl halides is 3. The normalized spacial score (nSPS) is 13.2. The second kappa shape index (κ2) is 6.49. The van der Waals surface area contributed by atoms with E-state index >= 15 is 0 Å². The Hall–Kier alpha value is -3.23. The number of imidazole rings is 1. The molecule has 27 heavy (non-hydrogen) atoms. The van der Waals surface area contributed by atoms with Gasteiger partial charge in [-0.15, -0.1) is 0 Å². The Morgan fingerprint density at radius 2 is 1.96 bits per heavy atom. The SMILES string of the molecule is CCC(c1ccc(-n2cc(-c3ccnc4[nH]cnc34)cn2)nc1)C(F)(F)F. The van der Waals surface area contributed by atoms with Gasteiger partial charge in [0, 0.05) is 29.7 Å². The van der Waals surface area contributed by atoms with Crippen LogP contribution in [-0.4, -0.2) is 35.9 Å². The molecule has 9 heteroatoms. The number of halogens is 3. The first-order valence-electron chi connectivity index (χ1n) is 8.33. The molecule has 0 radical (unpaired) electrons. The zero-order chi connectivity index (χ0) is 19.0. The Morgan fingerprint density at radius 3 is 2.67 bits per heavy atom. The Labute approximate surface area is 152 Å². The van der Waals surface area contributed by atoms with Crippen molar-refractivity contribution in [2.45, 2.75) is 25.4 Å². The molecule has 6 nitrogen and oxygen atoms in total. The highest BCUT2D eigenvalue weighted by molar-refractivity contribution is 5.88. The molecule has 0 spiro atoms. The largest absolute Gasteiger partial charge is 0.395 e. The molecule has 4 aromatic rings. The van der Waals surface area contributed by atoms with Gasteiger partial charge in [-0.05, 0) is 24.1 Å². The number of hydrogen-bond donors (Lipinski definition) is 1. The van der Waals surface area contributed by atoms with Gasteiger partial charge in [0.15, 0.2) is 11.5 Å². The molecule has 0 amide bonds. The fourth-order valence-electron chi connectivity index (χ4n) is 3.06. The maximum Gasteiger partial charge on any atom is 0.395 e. The molecule has 4 aromatic heterocycles. The third kappa shape index (κ3) is 3.16. The third-order valence-electron chi connectivity index (χ3n) is 4.42. The summed E-state index contributed by atoms with van der Waals surface area (Å²) in [6.45, 7) is 1.51. The monoisotopic (exact) mass is 372 g/mol. The molecular weight excluding hydrogens is 357 g/mol. The van der Waals surface area contributed by atoms with Crippen LogP contribution in [0.1, 0.15) is 24.8 Å². The van der Waals surface area contributed by atoms with E-state index in [0.29, 0.717) is 11.5 Å². The molecule has 0 saturated heterocycles. The number of aromatic nitrogens is 6. The molecule has 138 valence electrons. The molecule has 4 rings (SSSR count). The van der Waals surface area contributed by atoms with Gasteiger partial charge in [-0.25, -0.2) is 19.6 Å². The second-order valence-electron chi connectivity index (χ2n) is 6.08. The van der Waals surface area contributed by atoms with Crippen molar-refractivity contribution in [1.82, 2.24) is 29.7 Å². The van der Waals surface area contributed by atoms with Gasteiger partial charge in [-0.1, -0.05) is 13.0 Å². The number of nitrogens with one attached hydrogen (secondary N) is 1. The highest BCUT2D eigenvalue weighted by Crippen LogP contribution is 2.37. The quantitative estimate of drug-likeness (QED) is 0.581. The minimum atomic E-state index is -4.28. The maximum atomic E-state index is 13.1. The van der Waals surface area contributed by atoms with Crippen LogP contribution in [0.25, 0.3) is 28.1 Å². The number of rotatable bonds is 4. The summed E-state index contributed by atoms with van der Waals surface area (Å²) < 4.78 is 40.7. The molecule has 0 aromatic carbocycles. The molecule has 0 aliphatic carbocycles. The van der Waals surface area contributed by atoms with E-state index in [1.807, 2.05) is 6.07 Å². The van der Waals surface area contributed by atoms with Gasteiger partial charge in [-0.2, -0.15) is 18.3 Å². The standard InChI is InChI=1S/C18H15F3N6/c1-2-14(18(19,20)21)11-3-4-15(23-7-11)27-9-12(8-26-27)13-5-6-22-17-16(13)24-10-25-17/h3-10,14H,2H2,1H3,(H,22,24,25). The summed E-state index contributed by atoms with van der Waals surface area (Å²) in [7, 11) is 0. The van der Waals surface area contributed by atoms with E-state index in [1.54, 1.807) is 24.9 Å². The number of aromatic amines is 1. The first kappa shape index (κ1) is 17.2. The van der Waals surface area contributed by atoms with Crippen LogP contribution in [0.5, 0.6) is 0 Å². The molecule has 1 atom stereocenters. The topological polar surface area (TPSA) is 72.3 Å². The van der Waals surface area contributed by atoms with E-state index < -0.39 is 12.1 Å². The number of pyridine rings is 2. The molecule has 0 bridgehead atoms. The fraction of sp³-hybridized carbons (Fsp3) is 0.222. The lowest BCUT2D eigenvalue weighted by Gasteiger charge is -2.18. The zero-order valence-corrected chi connectivity index (χ0v) is 14.3. The zero-order valence-electron chi connectivity index (χ0n) is 14.3. The third-order valence-corrected chi connectivity index (χ3v) is 4.42. The lowest BCUT2D eigenvalue weighted by molar-refractivity contribution is -0.151. The van der Waals surface area contributed by atoms with E-state index in [4.69, 9.17) is 0 Å². The molecule has 0 saturated carbocycles. The number of fused-ring (bicyclic) bond motifs is 1. The highest BCUT2D eigenvalue weighted by Gasteiger charge is 2.39. The summed E-state index contributed by atoms with van der Waals surface area (Å²) in [6, 6.07) is 4.82. The number of nitrogens with zero attached hydrogens (tertiary/aromatic N) is 5. The average molecular weight is 372 g/mol. The first-order valence-corrected chi connectivity index (χ1v) is 8.33. The predicted octanol–water partition coefficient (Wildman–Crippen LogP) is 4.26. The van der Waals surface area contributed by atoms with Crippen molar-refractivity contribution in [3.05, 3.63) is 54.9 Å². The van der Waals surface area contributed by atoms with E-state index in [1.165, 1.54) is 29.9 Å². The van der Waals surface area contributed by atoms with Crippen molar-refractivity contribution >= 4 is 11.2 Å². The van der Waals surface area contributed by atoms with Gasteiger partial charge in [-0.3, -0.25) is 0 Å². The Kier molecular flexibility index (Phi) is 4.14. The second-order valence-corrected chi connectivity index (χ2v) is 6.08. The smallest absolute Gasteiger partial charge is 0.329 e. The van der Waals surface area contributed by atoms with Crippen molar-refractivity contribution in [2.75, 3.05) is 0 Å². The Balaban J connectivity index is 1.65. The molecule has 1 N–H and O–H groups in total. The number of H-pyrrole nitrogens is 1. The van der Waals surface area contributed by atoms with E-state index in [9.17, 15) is 13.2 Å². The number of hydrogen-bond acceptors (Lipinski definition) is 4. The van der Waals surface area contributed by atoms with Crippen molar-refractivity contribution in [3.63, 3.8) is 0 Å². The van der Waals surface area contributed by atoms with Crippen LogP contribution in [0.15, 0.2) is 49.3 Å². The lowest BCUT2D eigenvalue weighted by Crippen LogP contribution is -2.20. The molecule has 0 aliphatic heterocycles. The fourth-order valence-corrected chi connectivity index (χ4v) is 3.06. The van der Waals surface area contributed by atoms with Crippen LogP contribution in [0.3, 0.4) is 0 Å². The highest BCUT2D eigenvalue weighted by atomic mass is 19.4. The van der Waals surface area contributed by atoms with Crippen LogP contribution in [0.4, 0.5) is 13.2 Å². The molecule has 4 heterocycles. The minimum absolute atomic E-state index is 0.0296. The maximum absolute atomic E-state index is 13.1. The van der Waals surface area contributed by atoms with Gasteiger partial charge in [0.2, 0.25) is 0 Å². The lowest BCUT2D eigenvalue weighted by atomic mass is 9.98. The van der Waals surface area contributed by atoms with Gasteiger partial charge >= 0.3 is 6.18 Å². The van der Waals surface area contributed by atoms with E-state index in [-0.39, 0.29) is 12.0 Å². The van der Waals surface area contributed by atoms with Crippen molar-refractivity contribution in [1.29, 1.82) is 0 Å². The van der Waals surface area contributed by atoms with Gasteiger partial charge in [0.25, 0.3) is 0 Å².